The van der Waals surface area contributed by atoms with E-state index in [-0.39, 0.29) is 17.7 Å². The third kappa shape index (κ3) is 5.58. The highest BCUT2D eigenvalue weighted by Crippen LogP contribution is 2.15. The Morgan fingerprint density at radius 1 is 0.781 bits per heavy atom. The van der Waals surface area contributed by atoms with Crippen LogP contribution in [0.4, 0.5) is 0 Å². The van der Waals surface area contributed by atoms with E-state index in [0.717, 1.165) is 5.56 Å². The van der Waals surface area contributed by atoms with E-state index in [1.807, 2.05) is 35.8 Å². The zero-order valence-electron chi connectivity index (χ0n) is 16.9. The van der Waals surface area contributed by atoms with Crippen LogP contribution in [0.5, 0.6) is 0 Å². The number of carbonyl (C=O) groups is 3. The Labute approximate surface area is 184 Å². The molecule has 3 rings (SSSR count). The van der Waals surface area contributed by atoms with Gasteiger partial charge >= 0.3 is 5.97 Å². The summed E-state index contributed by atoms with van der Waals surface area (Å²) in [5.74, 6) is 14.6. The van der Waals surface area contributed by atoms with Gasteiger partial charge in [0, 0.05) is 22.3 Å². The van der Waals surface area contributed by atoms with Crippen molar-refractivity contribution in [1.29, 1.82) is 0 Å². The molecule has 2 amide bonds. The summed E-state index contributed by atoms with van der Waals surface area (Å²) in [5.41, 5.74) is 6.62. The molecule has 0 bridgehead atoms. The highest BCUT2D eigenvalue weighted by atomic mass is 16.5. The maximum absolute atomic E-state index is 12.8. The minimum Gasteiger partial charge on any atom is -0.457 e. The third-order valence-corrected chi connectivity index (χ3v) is 4.47. The largest absolute Gasteiger partial charge is 0.457 e. The van der Waals surface area contributed by atoms with Crippen LogP contribution in [0.3, 0.4) is 0 Å². The number of rotatable bonds is 5. The van der Waals surface area contributed by atoms with Crippen LogP contribution in [0.1, 0.15) is 47.8 Å². The number of amides is 2. The summed E-state index contributed by atoms with van der Waals surface area (Å²) in [6, 6.07) is 20.1. The molecule has 0 heterocycles. The molecule has 0 aromatic heterocycles. The topological polar surface area (TPSA) is 137 Å². The van der Waals surface area contributed by atoms with Gasteiger partial charge in [0.1, 0.15) is 6.61 Å². The smallest absolute Gasteiger partial charge is 0.339 e. The Hall–Kier alpha value is -4.45. The van der Waals surface area contributed by atoms with Gasteiger partial charge in [0.05, 0.1) is 5.56 Å². The minimum absolute atomic E-state index is 0.0739. The standard InChI is InChI=1S/C24H20N4O4/c25-27-22(29)19-10-7-16(8-11-19)6-9-18-12-13-20(23(30)28-26)14-21(18)24(31)32-15-17-4-2-1-3-5-17/h1-5,7-8,10-14H,15,25-26H2,(H,27,29)(H,28,30). The first-order chi connectivity index (χ1) is 15.5. The lowest BCUT2D eigenvalue weighted by Crippen LogP contribution is -2.30. The van der Waals surface area contributed by atoms with Crippen molar-refractivity contribution in [2.75, 3.05) is 0 Å². The van der Waals surface area contributed by atoms with Gasteiger partial charge in [0.15, 0.2) is 0 Å². The highest BCUT2D eigenvalue weighted by Gasteiger charge is 2.16. The number of nitrogens with one attached hydrogen (secondary N) is 2. The molecule has 8 nitrogen and oxygen atoms in total. The fourth-order valence-electron chi connectivity index (χ4n) is 2.78. The highest BCUT2D eigenvalue weighted by molar-refractivity contribution is 5.99. The summed E-state index contributed by atoms with van der Waals surface area (Å²) in [4.78, 5) is 36.2. The number of hydrogen-bond acceptors (Lipinski definition) is 6. The number of carbonyl (C=O) groups excluding carboxylic acids is 3. The first kappa shape index (κ1) is 22.2. The van der Waals surface area contributed by atoms with Crippen molar-refractivity contribution in [2.24, 2.45) is 11.7 Å². The van der Waals surface area contributed by atoms with Crippen LogP contribution in [-0.4, -0.2) is 17.8 Å². The van der Waals surface area contributed by atoms with Crippen molar-refractivity contribution in [1.82, 2.24) is 10.9 Å². The number of hydrogen-bond donors (Lipinski definition) is 4. The lowest BCUT2D eigenvalue weighted by atomic mass is 10.0. The molecule has 8 heteroatoms. The van der Waals surface area contributed by atoms with E-state index in [1.165, 1.54) is 12.1 Å². The van der Waals surface area contributed by atoms with E-state index in [0.29, 0.717) is 16.7 Å². The predicted octanol–water partition coefficient (Wildman–Crippen LogP) is 1.65. The maximum atomic E-state index is 12.8. The molecule has 0 saturated carbocycles. The third-order valence-electron chi connectivity index (χ3n) is 4.47. The minimum atomic E-state index is -0.625. The number of hydrazine groups is 2. The quantitative estimate of drug-likeness (QED) is 0.160. The van der Waals surface area contributed by atoms with Gasteiger partial charge in [-0.25, -0.2) is 16.5 Å². The molecule has 0 unspecified atom stereocenters. The summed E-state index contributed by atoms with van der Waals surface area (Å²) in [5, 5.41) is 0. The van der Waals surface area contributed by atoms with Gasteiger partial charge in [-0.1, -0.05) is 42.2 Å². The lowest BCUT2D eigenvalue weighted by molar-refractivity contribution is 0.0472. The zero-order valence-corrected chi connectivity index (χ0v) is 16.9. The second-order valence-electron chi connectivity index (χ2n) is 6.60. The molecule has 0 radical (unpaired) electrons. The molecule has 0 fully saturated rings. The van der Waals surface area contributed by atoms with Crippen LogP contribution in [0.2, 0.25) is 0 Å². The Balaban J connectivity index is 1.88. The second-order valence-corrected chi connectivity index (χ2v) is 6.60. The molecule has 3 aromatic rings. The monoisotopic (exact) mass is 428 g/mol. The van der Waals surface area contributed by atoms with E-state index in [1.54, 1.807) is 30.3 Å². The van der Waals surface area contributed by atoms with E-state index in [2.05, 4.69) is 17.3 Å². The molecule has 0 aliphatic carbocycles. The van der Waals surface area contributed by atoms with E-state index in [9.17, 15) is 14.4 Å². The fourth-order valence-corrected chi connectivity index (χ4v) is 2.78. The first-order valence-corrected chi connectivity index (χ1v) is 9.51. The molecule has 0 aliphatic heterocycles. The Morgan fingerprint density at radius 2 is 1.41 bits per heavy atom. The summed E-state index contributed by atoms with van der Waals surface area (Å²) in [6.07, 6.45) is 0. The van der Waals surface area contributed by atoms with Crippen molar-refractivity contribution < 1.29 is 19.1 Å². The van der Waals surface area contributed by atoms with Crippen LogP contribution in [0.15, 0.2) is 72.8 Å². The van der Waals surface area contributed by atoms with Crippen LogP contribution in [0, 0.1) is 11.8 Å². The molecule has 3 aromatic carbocycles. The van der Waals surface area contributed by atoms with Gasteiger partial charge in [-0.3, -0.25) is 20.4 Å². The molecular formula is C24H20N4O4. The van der Waals surface area contributed by atoms with E-state index in [4.69, 9.17) is 16.4 Å². The van der Waals surface area contributed by atoms with Crippen molar-refractivity contribution >= 4 is 17.8 Å². The molecule has 0 saturated heterocycles. The van der Waals surface area contributed by atoms with Gasteiger partial charge in [0.25, 0.3) is 11.8 Å². The molecular weight excluding hydrogens is 408 g/mol. The second kappa shape index (κ2) is 10.5. The van der Waals surface area contributed by atoms with Gasteiger partial charge in [-0.05, 0) is 48.0 Å². The number of benzene rings is 3. The molecule has 0 aliphatic rings. The molecule has 0 atom stereocenters. The van der Waals surface area contributed by atoms with Gasteiger partial charge < -0.3 is 4.74 Å². The SMILES string of the molecule is NNC(=O)c1ccc(C#Cc2ccc(C(=O)NN)cc2C(=O)OCc2ccccc2)cc1. The Morgan fingerprint density at radius 3 is 2.06 bits per heavy atom. The van der Waals surface area contributed by atoms with E-state index < -0.39 is 17.8 Å². The van der Waals surface area contributed by atoms with Gasteiger partial charge in [-0.2, -0.15) is 0 Å². The molecule has 160 valence electrons. The molecule has 0 spiro atoms. The van der Waals surface area contributed by atoms with Crippen molar-refractivity contribution in [3.63, 3.8) is 0 Å². The number of nitrogens with two attached hydrogens (primary N) is 2. The predicted molar refractivity (Wildman–Crippen MR) is 118 cm³/mol. The molecule has 6 N–H and O–H groups in total. The van der Waals surface area contributed by atoms with Crippen LogP contribution in [0.25, 0.3) is 0 Å². The maximum Gasteiger partial charge on any atom is 0.339 e. The number of esters is 1. The molecule has 32 heavy (non-hydrogen) atoms. The summed E-state index contributed by atoms with van der Waals surface area (Å²) in [6.45, 7) is 0.0739. The summed E-state index contributed by atoms with van der Waals surface area (Å²) >= 11 is 0. The van der Waals surface area contributed by atoms with Gasteiger partial charge in [0.2, 0.25) is 0 Å². The zero-order chi connectivity index (χ0) is 22.9. The van der Waals surface area contributed by atoms with Crippen LogP contribution < -0.4 is 22.5 Å². The normalized spacial score (nSPS) is 9.81. The summed E-state index contributed by atoms with van der Waals surface area (Å²) in [7, 11) is 0. The number of ether oxygens (including phenoxy) is 1. The van der Waals surface area contributed by atoms with Crippen molar-refractivity contribution in [3.8, 4) is 11.8 Å². The van der Waals surface area contributed by atoms with Crippen molar-refractivity contribution in [2.45, 2.75) is 6.61 Å². The van der Waals surface area contributed by atoms with Crippen LogP contribution in [-0.2, 0) is 11.3 Å². The Bertz CT molecular complexity index is 1200. The van der Waals surface area contributed by atoms with Crippen LogP contribution >= 0.6 is 0 Å². The van der Waals surface area contributed by atoms with E-state index >= 15 is 0 Å². The summed E-state index contributed by atoms with van der Waals surface area (Å²) < 4.78 is 5.40. The fraction of sp³-hybridized carbons (Fsp3) is 0.0417. The lowest BCUT2D eigenvalue weighted by Gasteiger charge is -2.09. The Kier molecular flexibility index (Phi) is 7.33. The average Bonchev–Trinajstić information content (AvgIpc) is 2.85. The first-order valence-electron chi connectivity index (χ1n) is 9.51. The van der Waals surface area contributed by atoms with Gasteiger partial charge in [-0.15, -0.1) is 0 Å². The number of nitrogen functional groups attached to an aromatic ring is 2. The van der Waals surface area contributed by atoms with Crippen molar-refractivity contribution in [3.05, 3.63) is 106 Å². The average molecular weight is 428 g/mol.